The lowest BCUT2D eigenvalue weighted by Crippen LogP contribution is -2.28. The molecule has 0 saturated carbocycles. The van der Waals surface area contributed by atoms with Gasteiger partial charge in [0.25, 0.3) is 5.91 Å². The van der Waals surface area contributed by atoms with Crippen molar-refractivity contribution < 1.29 is 19.0 Å². The first kappa shape index (κ1) is 15.6. The lowest BCUT2D eigenvalue weighted by Gasteiger charge is -2.17. The Morgan fingerprint density at radius 2 is 2.00 bits per heavy atom. The van der Waals surface area contributed by atoms with Gasteiger partial charge in [0.1, 0.15) is 5.75 Å². The van der Waals surface area contributed by atoms with Crippen molar-refractivity contribution in [3.05, 3.63) is 52.9 Å². The van der Waals surface area contributed by atoms with Crippen molar-refractivity contribution in [2.75, 3.05) is 18.8 Å². The maximum atomic E-state index is 12.8. The van der Waals surface area contributed by atoms with Crippen LogP contribution in [0.4, 0.5) is 5.69 Å². The van der Waals surface area contributed by atoms with Crippen LogP contribution in [0.1, 0.15) is 5.56 Å². The van der Waals surface area contributed by atoms with Crippen LogP contribution >= 0.6 is 11.8 Å². The largest absolute Gasteiger partial charge is 0.495 e. The number of hydrogen-bond donors (Lipinski definition) is 1. The molecule has 25 heavy (non-hydrogen) atoms. The molecule has 0 atom stereocenters. The highest BCUT2D eigenvalue weighted by Crippen LogP contribution is 2.40. The van der Waals surface area contributed by atoms with E-state index in [0.717, 1.165) is 17.3 Å². The number of hydrogen-bond acceptors (Lipinski definition) is 6. The fourth-order valence-corrected chi connectivity index (χ4v) is 3.53. The van der Waals surface area contributed by atoms with Crippen LogP contribution in [0.25, 0.3) is 6.08 Å². The zero-order valence-corrected chi connectivity index (χ0v) is 14.1. The number of benzene rings is 2. The molecule has 1 amide bonds. The molecule has 2 aromatic carbocycles. The number of ether oxygens (including phenoxy) is 3. The molecular weight excluding hydrogens is 340 g/mol. The fourth-order valence-electron chi connectivity index (χ4n) is 2.67. The van der Waals surface area contributed by atoms with Crippen LogP contribution in [0.5, 0.6) is 17.2 Å². The van der Waals surface area contributed by atoms with Crippen LogP contribution in [0, 0.1) is 5.41 Å². The van der Waals surface area contributed by atoms with E-state index < -0.39 is 0 Å². The minimum absolute atomic E-state index is 0.140. The van der Waals surface area contributed by atoms with Crippen LogP contribution in [0.2, 0.25) is 0 Å². The summed E-state index contributed by atoms with van der Waals surface area (Å²) in [6.07, 6.45) is 1.75. The van der Waals surface area contributed by atoms with E-state index in [2.05, 4.69) is 0 Å². The number of nitrogens with zero attached hydrogens (tertiary/aromatic N) is 1. The van der Waals surface area contributed by atoms with Crippen LogP contribution in [0.3, 0.4) is 0 Å². The Labute approximate surface area is 148 Å². The van der Waals surface area contributed by atoms with E-state index in [1.54, 1.807) is 25.3 Å². The number of anilines is 1. The number of para-hydroxylation sites is 2. The summed E-state index contributed by atoms with van der Waals surface area (Å²) in [4.78, 5) is 14.6. The molecule has 0 spiro atoms. The molecule has 6 nitrogen and oxygen atoms in total. The molecule has 0 unspecified atom stereocenters. The van der Waals surface area contributed by atoms with E-state index in [4.69, 9.17) is 19.6 Å². The smallest absolute Gasteiger partial charge is 0.271 e. The van der Waals surface area contributed by atoms with Gasteiger partial charge >= 0.3 is 0 Å². The van der Waals surface area contributed by atoms with E-state index in [0.29, 0.717) is 27.8 Å². The highest BCUT2D eigenvalue weighted by Gasteiger charge is 2.35. The Hall–Kier alpha value is -2.93. The Balaban J connectivity index is 1.67. The molecule has 0 aromatic heterocycles. The van der Waals surface area contributed by atoms with Crippen molar-refractivity contribution in [3.8, 4) is 17.2 Å². The molecule has 0 radical (unpaired) electrons. The number of thioether (sulfide) groups is 1. The summed E-state index contributed by atoms with van der Waals surface area (Å²) in [6.45, 7) is 0.204. The van der Waals surface area contributed by atoms with Gasteiger partial charge in [0.05, 0.1) is 17.7 Å². The van der Waals surface area contributed by atoms with Crippen LogP contribution in [-0.4, -0.2) is 25.0 Å². The second kappa shape index (κ2) is 6.18. The summed E-state index contributed by atoms with van der Waals surface area (Å²) in [5, 5.41) is 8.33. The van der Waals surface area contributed by atoms with E-state index >= 15 is 0 Å². The molecule has 0 aliphatic carbocycles. The van der Waals surface area contributed by atoms with Crippen molar-refractivity contribution in [3.63, 3.8) is 0 Å². The summed E-state index contributed by atoms with van der Waals surface area (Å²) in [7, 11) is 1.54. The van der Waals surface area contributed by atoms with Crippen LogP contribution in [-0.2, 0) is 4.79 Å². The number of amides is 1. The lowest BCUT2D eigenvalue weighted by atomic mass is 10.2. The molecule has 1 fully saturated rings. The maximum absolute atomic E-state index is 12.8. The summed E-state index contributed by atoms with van der Waals surface area (Å²) in [5.74, 6) is 1.64. The van der Waals surface area contributed by atoms with Crippen molar-refractivity contribution >= 4 is 34.6 Å². The number of amidine groups is 1. The fraction of sp³-hybridized carbons (Fsp3) is 0.111. The zero-order chi connectivity index (χ0) is 17.4. The molecule has 7 heteroatoms. The first-order chi connectivity index (χ1) is 12.2. The highest BCUT2D eigenvalue weighted by molar-refractivity contribution is 8.19. The monoisotopic (exact) mass is 354 g/mol. The third kappa shape index (κ3) is 2.72. The van der Waals surface area contributed by atoms with E-state index in [9.17, 15) is 4.79 Å². The van der Waals surface area contributed by atoms with E-state index in [-0.39, 0.29) is 17.9 Å². The molecule has 1 saturated heterocycles. The predicted molar refractivity (Wildman–Crippen MR) is 96.3 cm³/mol. The van der Waals surface area contributed by atoms with Gasteiger partial charge < -0.3 is 14.2 Å². The highest BCUT2D eigenvalue weighted by atomic mass is 32.2. The van der Waals surface area contributed by atoms with Gasteiger partial charge in [-0.15, -0.1) is 0 Å². The van der Waals surface area contributed by atoms with Gasteiger partial charge in [-0.3, -0.25) is 15.1 Å². The van der Waals surface area contributed by atoms with Gasteiger partial charge in [-0.25, -0.2) is 0 Å². The first-order valence-electron chi connectivity index (χ1n) is 7.52. The van der Waals surface area contributed by atoms with Crippen LogP contribution < -0.4 is 19.1 Å². The van der Waals surface area contributed by atoms with E-state index in [1.807, 2.05) is 30.3 Å². The molecule has 0 bridgehead atoms. The molecule has 2 aromatic rings. The second-order valence-corrected chi connectivity index (χ2v) is 6.37. The minimum atomic E-state index is -0.253. The first-order valence-corrected chi connectivity index (χ1v) is 8.34. The van der Waals surface area contributed by atoms with Gasteiger partial charge in [0, 0.05) is 0 Å². The summed E-state index contributed by atoms with van der Waals surface area (Å²) < 4.78 is 16.0. The third-order valence-corrected chi connectivity index (χ3v) is 4.73. The normalized spacial score (nSPS) is 17.5. The molecule has 2 heterocycles. The predicted octanol–water partition coefficient (Wildman–Crippen LogP) is 3.48. The molecule has 2 aliphatic rings. The quantitative estimate of drug-likeness (QED) is 0.855. The van der Waals surface area contributed by atoms with Crippen molar-refractivity contribution in [2.45, 2.75) is 0 Å². The SMILES string of the molecule is COc1ccccc1N1C(=N)S/C(=C\c2ccc3c(c2)OCO3)C1=O. The van der Waals surface area contributed by atoms with Crippen LogP contribution in [0.15, 0.2) is 47.4 Å². The number of rotatable bonds is 3. The van der Waals surface area contributed by atoms with Gasteiger partial charge in [0.15, 0.2) is 16.7 Å². The summed E-state index contributed by atoms with van der Waals surface area (Å²) in [5.41, 5.74) is 1.37. The Morgan fingerprint density at radius 3 is 2.84 bits per heavy atom. The summed E-state index contributed by atoms with van der Waals surface area (Å²) in [6, 6.07) is 12.6. The average Bonchev–Trinajstić information content (AvgIpc) is 3.19. The standard InChI is InChI=1S/C18H14N2O4S/c1-22-13-5-3-2-4-12(13)20-17(21)16(25-18(20)19)9-11-6-7-14-15(8-11)24-10-23-14/h2-9,19H,10H2,1H3/b16-9-,19-18?. The number of carbonyl (C=O) groups excluding carboxylic acids is 1. The van der Waals surface area contributed by atoms with Gasteiger partial charge in [0.2, 0.25) is 6.79 Å². The topological polar surface area (TPSA) is 71.8 Å². The van der Waals surface area contributed by atoms with Crippen molar-refractivity contribution in [1.29, 1.82) is 5.41 Å². The molecule has 4 rings (SSSR count). The Morgan fingerprint density at radius 1 is 1.20 bits per heavy atom. The average molecular weight is 354 g/mol. The van der Waals surface area contributed by atoms with Gasteiger partial charge in [-0.05, 0) is 47.7 Å². The van der Waals surface area contributed by atoms with Crippen molar-refractivity contribution in [2.24, 2.45) is 0 Å². The lowest BCUT2D eigenvalue weighted by molar-refractivity contribution is -0.113. The Bertz CT molecular complexity index is 910. The molecule has 1 N–H and O–H groups in total. The number of methoxy groups -OCH3 is 1. The zero-order valence-electron chi connectivity index (χ0n) is 13.3. The second-order valence-electron chi connectivity index (χ2n) is 5.34. The number of fused-ring (bicyclic) bond motifs is 1. The maximum Gasteiger partial charge on any atom is 0.271 e. The third-order valence-electron chi connectivity index (χ3n) is 3.84. The number of carbonyl (C=O) groups is 1. The minimum Gasteiger partial charge on any atom is -0.495 e. The van der Waals surface area contributed by atoms with Gasteiger partial charge in [-0.1, -0.05) is 18.2 Å². The Kier molecular flexibility index (Phi) is 3.85. The van der Waals surface area contributed by atoms with Crippen molar-refractivity contribution in [1.82, 2.24) is 0 Å². The van der Waals surface area contributed by atoms with E-state index in [1.165, 1.54) is 4.90 Å². The molecular formula is C18H14N2O4S. The van der Waals surface area contributed by atoms with Gasteiger partial charge in [-0.2, -0.15) is 0 Å². The summed E-state index contributed by atoms with van der Waals surface area (Å²) >= 11 is 1.12. The number of nitrogens with one attached hydrogen (secondary N) is 1. The molecule has 2 aliphatic heterocycles. The molecule has 126 valence electrons.